The molecule has 1 aliphatic rings. The average Bonchev–Trinajstić information content (AvgIpc) is 2.25. The second kappa shape index (κ2) is 6.89. The molecule has 3 nitrogen and oxygen atoms in total. The molecule has 0 spiro atoms. The number of nitrogens with two attached hydrogens (primary N) is 1. The van der Waals surface area contributed by atoms with Gasteiger partial charge in [0.05, 0.1) is 5.84 Å². The average molecular weight is 225 g/mol. The minimum Gasteiger partial charge on any atom is -0.388 e. The lowest BCUT2D eigenvalue weighted by Crippen LogP contribution is -2.40. The van der Waals surface area contributed by atoms with Crippen LogP contribution in [0.4, 0.5) is 0 Å². The maximum atomic E-state index is 7.34. The molecule has 1 rings (SSSR count). The topological polar surface area (TPSA) is 53.1 Å². The van der Waals surface area contributed by atoms with Crippen molar-refractivity contribution in [1.29, 1.82) is 5.41 Å². The van der Waals surface area contributed by atoms with Crippen molar-refractivity contribution in [3.8, 4) is 0 Å². The number of amidine groups is 1. The van der Waals surface area contributed by atoms with Crippen LogP contribution in [0.1, 0.15) is 52.4 Å². The van der Waals surface area contributed by atoms with E-state index >= 15 is 0 Å². The van der Waals surface area contributed by atoms with E-state index in [-0.39, 0.29) is 0 Å². The highest BCUT2D eigenvalue weighted by Gasteiger charge is 2.21. The molecule has 0 aromatic carbocycles. The van der Waals surface area contributed by atoms with Gasteiger partial charge in [-0.3, -0.25) is 10.3 Å². The minimum absolute atomic E-state index is 0.324. The second-order valence-corrected chi connectivity index (χ2v) is 5.46. The third-order valence-electron chi connectivity index (χ3n) is 3.36. The van der Waals surface area contributed by atoms with Gasteiger partial charge in [-0.15, -0.1) is 0 Å². The van der Waals surface area contributed by atoms with Crippen LogP contribution >= 0.6 is 0 Å². The molecule has 94 valence electrons. The quantitative estimate of drug-likeness (QED) is 0.539. The van der Waals surface area contributed by atoms with Crippen molar-refractivity contribution in [2.45, 2.75) is 58.4 Å². The number of hydrogen-bond acceptors (Lipinski definition) is 2. The van der Waals surface area contributed by atoms with Gasteiger partial charge in [0.25, 0.3) is 0 Å². The first-order valence-corrected chi connectivity index (χ1v) is 6.66. The summed E-state index contributed by atoms with van der Waals surface area (Å²) in [5, 5.41) is 7.34. The first kappa shape index (κ1) is 13.5. The monoisotopic (exact) mass is 225 g/mol. The third kappa shape index (κ3) is 4.97. The summed E-state index contributed by atoms with van der Waals surface area (Å²) in [6.45, 7) is 6.66. The standard InChI is InChI=1S/C13H27N3/c1-11(2)10-16(9-8-13(14)15)12-6-4-3-5-7-12/h11-12H,3-10H2,1-2H3,(H3,14,15). The molecule has 0 heterocycles. The van der Waals surface area contributed by atoms with E-state index in [9.17, 15) is 0 Å². The summed E-state index contributed by atoms with van der Waals surface area (Å²) >= 11 is 0. The van der Waals surface area contributed by atoms with Crippen LogP contribution in [0.5, 0.6) is 0 Å². The van der Waals surface area contributed by atoms with Gasteiger partial charge in [-0.05, 0) is 18.8 Å². The Morgan fingerprint density at radius 1 is 1.31 bits per heavy atom. The molecule has 0 aromatic rings. The Balaban J connectivity index is 2.43. The van der Waals surface area contributed by atoms with Crippen LogP contribution in [0, 0.1) is 11.3 Å². The summed E-state index contributed by atoms with van der Waals surface area (Å²) in [4.78, 5) is 2.56. The van der Waals surface area contributed by atoms with Gasteiger partial charge in [-0.1, -0.05) is 33.1 Å². The molecular formula is C13H27N3. The van der Waals surface area contributed by atoms with E-state index in [1.165, 1.54) is 32.1 Å². The second-order valence-electron chi connectivity index (χ2n) is 5.46. The summed E-state index contributed by atoms with van der Waals surface area (Å²) in [6, 6.07) is 0.746. The molecule has 3 N–H and O–H groups in total. The maximum Gasteiger partial charge on any atom is 0.0918 e. The molecule has 1 fully saturated rings. The zero-order valence-corrected chi connectivity index (χ0v) is 10.8. The van der Waals surface area contributed by atoms with Gasteiger partial charge in [0, 0.05) is 25.6 Å². The molecule has 1 aliphatic carbocycles. The van der Waals surface area contributed by atoms with Gasteiger partial charge in [-0.2, -0.15) is 0 Å². The smallest absolute Gasteiger partial charge is 0.0918 e. The van der Waals surface area contributed by atoms with Gasteiger partial charge in [-0.25, -0.2) is 0 Å². The van der Waals surface area contributed by atoms with Crippen molar-refractivity contribution < 1.29 is 0 Å². The molecule has 0 aliphatic heterocycles. The van der Waals surface area contributed by atoms with Gasteiger partial charge in [0.15, 0.2) is 0 Å². The number of hydrogen-bond donors (Lipinski definition) is 2. The fourth-order valence-corrected chi connectivity index (χ4v) is 2.60. The number of nitrogens with one attached hydrogen (secondary N) is 1. The highest BCUT2D eigenvalue weighted by atomic mass is 15.2. The lowest BCUT2D eigenvalue weighted by molar-refractivity contribution is 0.143. The summed E-state index contributed by atoms with van der Waals surface area (Å²) in [5.74, 6) is 1.03. The van der Waals surface area contributed by atoms with Crippen molar-refractivity contribution in [2.75, 3.05) is 13.1 Å². The van der Waals surface area contributed by atoms with Crippen molar-refractivity contribution in [2.24, 2.45) is 11.7 Å². The van der Waals surface area contributed by atoms with E-state index < -0.39 is 0 Å². The first-order chi connectivity index (χ1) is 7.59. The van der Waals surface area contributed by atoms with E-state index in [1.54, 1.807) is 0 Å². The van der Waals surface area contributed by atoms with E-state index in [0.29, 0.717) is 11.8 Å². The fraction of sp³-hybridized carbons (Fsp3) is 0.923. The van der Waals surface area contributed by atoms with Crippen molar-refractivity contribution in [3.05, 3.63) is 0 Å². The Hall–Kier alpha value is -0.570. The molecule has 0 radical (unpaired) electrons. The Morgan fingerprint density at radius 3 is 2.44 bits per heavy atom. The zero-order chi connectivity index (χ0) is 12.0. The number of rotatable bonds is 6. The molecular weight excluding hydrogens is 198 g/mol. The van der Waals surface area contributed by atoms with Crippen molar-refractivity contribution >= 4 is 5.84 Å². The summed E-state index contributed by atoms with van der Waals surface area (Å²) in [7, 11) is 0. The highest BCUT2D eigenvalue weighted by Crippen LogP contribution is 2.23. The predicted octanol–water partition coefficient (Wildman–Crippen LogP) is 2.60. The van der Waals surface area contributed by atoms with Crippen LogP contribution in [-0.2, 0) is 0 Å². The van der Waals surface area contributed by atoms with Crippen molar-refractivity contribution in [1.82, 2.24) is 4.90 Å². The number of nitrogens with zero attached hydrogens (tertiary/aromatic N) is 1. The van der Waals surface area contributed by atoms with Gasteiger partial charge in [0.2, 0.25) is 0 Å². The van der Waals surface area contributed by atoms with Crippen molar-refractivity contribution in [3.63, 3.8) is 0 Å². The molecule has 0 unspecified atom stereocenters. The van der Waals surface area contributed by atoms with E-state index in [0.717, 1.165) is 25.6 Å². The summed E-state index contributed by atoms with van der Waals surface area (Å²) in [5.41, 5.74) is 5.46. The Labute approximate surface area is 99.9 Å². The molecule has 0 amide bonds. The van der Waals surface area contributed by atoms with Crippen LogP contribution in [-0.4, -0.2) is 29.9 Å². The minimum atomic E-state index is 0.324. The van der Waals surface area contributed by atoms with Gasteiger partial charge in [0.1, 0.15) is 0 Å². The largest absolute Gasteiger partial charge is 0.388 e. The van der Waals surface area contributed by atoms with E-state index in [4.69, 9.17) is 11.1 Å². The zero-order valence-electron chi connectivity index (χ0n) is 10.8. The summed E-state index contributed by atoms with van der Waals surface area (Å²) in [6.07, 6.45) is 7.55. The Bertz CT molecular complexity index is 207. The van der Waals surface area contributed by atoms with Gasteiger partial charge < -0.3 is 5.73 Å². The Kier molecular flexibility index (Phi) is 5.81. The lowest BCUT2D eigenvalue weighted by Gasteiger charge is -2.35. The molecule has 3 heteroatoms. The fourth-order valence-electron chi connectivity index (χ4n) is 2.60. The van der Waals surface area contributed by atoms with Crippen LogP contribution < -0.4 is 5.73 Å². The molecule has 0 aromatic heterocycles. The van der Waals surface area contributed by atoms with Crippen LogP contribution in [0.25, 0.3) is 0 Å². The first-order valence-electron chi connectivity index (χ1n) is 6.66. The SMILES string of the molecule is CC(C)CN(CCC(=N)N)C1CCCCC1. The van der Waals surface area contributed by atoms with Gasteiger partial charge >= 0.3 is 0 Å². The molecule has 0 saturated heterocycles. The molecule has 0 atom stereocenters. The molecule has 1 saturated carbocycles. The molecule has 16 heavy (non-hydrogen) atoms. The van der Waals surface area contributed by atoms with E-state index in [1.807, 2.05) is 0 Å². The van der Waals surface area contributed by atoms with Crippen LogP contribution in [0.3, 0.4) is 0 Å². The third-order valence-corrected chi connectivity index (χ3v) is 3.36. The lowest BCUT2D eigenvalue weighted by atomic mass is 9.93. The van der Waals surface area contributed by atoms with Crippen LogP contribution in [0.2, 0.25) is 0 Å². The Morgan fingerprint density at radius 2 is 1.94 bits per heavy atom. The van der Waals surface area contributed by atoms with Crippen LogP contribution in [0.15, 0.2) is 0 Å². The summed E-state index contributed by atoms with van der Waals surface area (Å²) < 4.78 is 0. The van der Waals surface area contributed by atoms with E-state index in [2.05, 4.69) is 18.7 Å². The highest BCUT2D eigenvalue weighted by molar-refractivity contribution is 5.76. The maximum absolute atomic E-state index is 7.34. The normalized spacial score (nSPS) is 18.2. The predicted molar refractivity (Wildman–Crippen MR) is 69.8 cm³/mol. The molecule has 0 bridgehead atoms.